The molecule has 0 atom stereocenters. The summed E-state index contributed by atoms with van der Waals surface area (Å²) in [5, 5.41) is 26.1. The molecule has 0 radical (unpaired) electrons. The second kappa shape index (κ2) is 31.1. The van der Waals surface area contributed by atoms with Crippen LogP contribution in [0.3, 0.4) is 0 Å². The maximum atomic E-state index is 7.26. The number of benzene rings is 10. The van der Waals surface area contributed by atoms with Crippen LogP contribution in [0.1, 0.15) is 92.2 Å². The van der Waals surface area contributed by atoms with Crippen LogP contribution < -0.4 is 67.6 Å². The SMILES string of the molecule is CC(C)(C)NC1CCN(c2cc(Nc3ccc(Cl)cc3)nc3ccccc23)CC1.CC(C)(C)NC1CCN(c2cc(Nc3ccc(Cl)cc3)nc3ccccc23)CC1.CC1(C)c2cccc(P(c3ccccc3)c3ccccc3)c2Oc2c(P(c3ccccc3)c3ccccc3)cccc21. The predicted molar refractivity (Wildman–Crippen MR) is 432 cm³/mol. The molecule has 0 amide bonds. The Morgan fingerprint density at radius 2 is 0.720 bits per heavy atom. The normalized spacial score (nSPS) is 14.7. The minimum absolute atomic E-state index is 0.159. The molecule has 0 aliphatic carbocycles. The number of para-hydroxylation sites is 4. The molecule has 0 saturated carbocycles. The molecule has 4 N–H and O–H groups in total. The van der Waals surface area contributed by atoms with Gasteiger partial charge in [0, 0.05) is 132 Å². The molecular formula is C87H90Cl2N8OP2. The molecule has 15 rings (SSSR count). The summed E-state index contributed by atoms with van der Waals surface area (Å²) in [5.41, 5.74) is 9.07. The van der Waals surface area contributed by atoms with Crippen LogP contribution in [0, 0.1) is 0 Å². The Kier molecular flexibility index (Phi) is 21.7. The van der Waals surface area contributed by atoms with E-state index in [1.807, 2.05) is 60.7 Å². The van der Waals surface area contributed by atoms with Crippen LogP contribution in [0.25, 0.3) is 21.8 Å². The maximum absolute atomic E-state index is 7.26. The predicted octanol–water partition coefficient (Wildman–Crippen LogP) is 19.6. The minimum atomic E-state index is -0.824. The van der Waals surface area contributed by atoms with E-state index in [2.05, 4.69) is 293 Å². The number of hydrogen-bond donors (Lipinski definition) is 4. The molecule has 10 aromatic carbocycles. The van der Waals surface area contributed by atoms with Crippen LogP contribution >= 0.6 is 39.0 Å². The molecule has 5 heterocycles. The average molecular weight is 1400 g/mol. The Morgan fingerprint density at radius 1 is 0.400 bits per heavy atom. The van der Waals surface area contributed by atoms with Crippen molar-refractivity contribution in [3.63, 3.8) is 0 Å². The van der Waals surface area contributed by atoms with Crippen LogP contribution in [-0.2, 0) is 5.41 Å². The smallest absolute Gasteiger partial charge is 0.139 e. The summed E-state index contributed by atoms with van der Waals surface area (Å²) in [6.07, 6.45) is 4.59. The van der Waals surface area contributed by atoms with E-state index in [0.717, 1.165) is 107 Å². The molecule has 3 aliphatic rings. The van der Waals surface area contributed by atoms with Gasteiger partial charge in [-0.2, -0.15) is 0 Å². The van der Waals surface area contributed by atoms with Gasteiger partial charge in [0.15, 0.2) is 0 Å². The molecule has 2 aromatic heterocycles. The second-order valence-corrected chi connectivity index (χ2v) is 34.0. The van der Waals surface area contributed by atoms with Crippen molar-refractivity contribution in [3.8, 4) is 11.5 Å². The number of fused-ring (bicyclic) bond motifs is 4. The number of nitrogens with zero attached hydrogens (tertiary/aromatic N) is 4. The number of pyridine rings is 2. The topological polar surface area (TPSA) is 89.6 Å². The van der Waals surface area contributed by atoms with Gasteiger partial charge in [0.1, 0.15) is 23.1 Å². The van der Waals surface area contributed by atoms with Gasteiger partial charge >= 0.3 is 0 Å². The summed E-state index contributed by atoms with van der Waals surface area (Å²) in [6, 6.07) is 94.9. The summed E-state index contributed by atoms with van der Waals surface area (Å²) in [4.78, 5) is 14.7. The fourth-order valence-electron chi connectivity index (χ4n) is 14.1. The standard InChI is InChI=1S/C39H32OP2.2C24H29ClN4/c1-39(2)33-25-15-27-35(41(29-17-7-3-8-18-29)30-19-9-4-10-20-30)37(33)40-38-34(39)26-16-28-36(38)42(31-21-11-5-12-22-31)32-23-13-6-14-24-32;2*1-24(2,3)28-19-12-14-29(15-13-19)22-16-23(26-18-10-8-17(25)9-11-18)27-21-7-5-4-6-20(21)22/h3-28H,1-2H3;2*4-11,16,19,28H,12-15H2,1-3H3,(H,26,27). The zero-order valence-electron chi connectivity index (χ0n) is 58.6. The summed E-state index contributed by atoms with van der Waals surface area (Å²) in [6.45, 7) is 22.3. The Bertz CT molecular complexity index is 4320. The molecule has 0 bridgehead atoms. The maximum Gasteiger partial charge on any atom is 0.139 e. The van der Waals surface area contributed by atoms with Crippen LogP contribution in [-0.4, -0.2) is 59.3 Å². The zero-order valence-corrected chi connectivity index (χ0v) is 61.9. The van der Waals surface area contributed by atoms with E-state index in [1.165, 1.54) is 65.1 Å². The van der Waals surface area contributed by atoms with Crippen LogP contribution in [0.2, 0.25) is 10.0 Å². The van der Waals surface area contributed by atoms with Gasteiger partial charge in [-0.15, -0.1) is 0 Å². The summed E-state index contributed by atoms with van der Waals surface area (Å²) < 4.78 is 7.26. The Hall–Kier alpha value is -8.62. The first-order valence-corrected chi connectivity index (χ1v) is 38.5. The van der Waals surface area contributed by atoms with Crippen molar-refractivity contribution < 1.29 is 4.74 Å². The third-order valence-corrected chi connectivity index (χ3v) is 24.1. The Labute approximate surface area is 604 Å². The van der Waals surface area contributed by atoms with Crippen molar-refractivity contribution in [2.75, 3.05) is 46.6 Å². The quantitative estimate of drug-likeness (QED) is 0.0795. The van der Waals surface area contributed by atoms with Crippen molar-refractivity contribution in [1.29, 1.82) is 0 Å². The first-order valence-electron chi connectivity index (χ1n) is 35.0. The number of piperidine rings is 2. The van der Waals surface area contributed by atoms with Crippen molar-refractivity contribution >= 4 is 127 Å². The number of rotatable bonds is 14. The first-order chi connectivity index (χ1) is 48.4. The van der Waals surface area contributed by atoms with E-state index in [4.69, 9.17) is 37.9 Å². The number of ether oxygens (including phenoxy) is 1. The molecule has 100 heavy (non-hydrogen) atoms. The van der Waals surface area contributed by atoms with Gasteiger partial charge in [-0.1, -0.05) is 231 Å². The van der Waals surface area contributed by atoms with Gasteiger partial charge in [0.05, 0.1) is 11.0 Å². The van der Waals surface area contributed by atoms with Gasteiger partial charge in [0.25, 0.3) is 0 Å². The van der Waals surface area contributed by atoms with Crippen molar-refractivity contribution in [3.05, 3.63) is 288 Å². The minimum Gasteiger partial charge on any atom is -0.455 e. The Morgan fingerprint density at radius 3 is 1.05 bits per heavy atom. The first kappa shape index (κ1) is 69.8. The van der Waals surface area contributed by atoms with E-state index in [-0.39, 0.29) is 16.5 Å². The van der Waals surface area contributed by atoms with Gasteiger partial charge in [-0.05, 0) is 165 Å². The number of aromatic nitrogens is 2. The van der Waals surface area contributed by atoms with Crippen LogP contribution in [0.4, 0.5) is 34.4 Å². The molecule has 2 fully saturated rings. The number of hydrogen-bond acceptors (Lipinski definition) is 9. The molecule has 3 aliphatic heterocycles. The van der Waals surface area contributed by atoms with E-state index >= 15 is 0 Å². The Balaban J connectivity index is 0.000000138. The number of nitrogens with one attached hydrogen (secondary N) is 4. The molecule has 0 spiro atoms. The van der Waals surface area contributed by atoms with E-state index < -0.39 is 15.8 Å². The van der Waals surface area contributed by atoms with E-state index in [0.29, 0.717) is 12.1 Å². The van der Waals surface area contributed by atoms with Crippen LogP contribution in [0.15, 0.2) is 267 Å². The van der Waals surface area contributed by atoms with E-state index in [9.17, 15) is 0 Å². The fraction of sp³-hybridized carbons (Fsp3) is 0.241. The highest BCUT2D eigenvalue weighted by Gasteiger charge is 2.40. The number of halogens is 2. The molecule has 2 saturated heterocycles. The summed E-state index contributed by atoms with van der Waals surface area (Å²) in [7, 11) is -1.65. The second-order valence-electron chi connectivity index (χ2n) is 28.7. The third kappa shape index (κ3) is 16.9. The summed E-state index contributed by atoms with van der Waals surface area (Å²) in [5.74, 6) is 3.74. The molecule has 0 unspecified atom stereocenters. The van der Waals surface area contributed by atoms with Gasteiger partial charge in [-0.3, -0.25) is 0 Å². The summed E-state index contributed by atoms with van der Waals surface area (Å²) >= 11 is 12.0. The lowest BCUT2D eigenvalue weighted by Crippen LogP contribution is -2.49. The monoisotopic (exact) mass is 1390 g/mol. The van der Waals surface area contributed by atoms with Gasteiger partial charge < -0.3 is 35.8 Å². The molecule has 508 valence electrons. The highest BCUT2D eigenvalue weighted by atomic mass is 35.5. The highest BCUT2D eigenvalue weighted by molar-refractivity contribution is 7.80. The fourth-order valence-corrected chi connectivity index (χ4v) is 19.1. The molecular weight excluding hydrogens is 1310 g/mol. The molecule has 13 heteroatoms. The van der Waals surface area contributed by atoms with Crippen molar-refractivity contribution in [2.24, 2.45) is 0 Å². The number of anilines is 6. The van der Waals surface area contributed by atoms with Crippen molar-refractivity contribution in [1.82, 2.24) is 20.6 Å². The van der Waals surface area contributed by atoms with Gasteiger partial charge in [0.2, 0.25) is 0 Å². The van der Waals surface area contributed by atoms with Crippen molar-refractivity contribution in [2.45, 2.75) is 110 Å². The van der Waals surface area contributed by atoms with Crippen LogP contribution in [0.5, 0.6) is 11.5 Å². The van der Waals surface area contributed by atoms with Gasteiger partial charge in [-0.25, -0.2) is 9.97 Å². The largest absolute Gasteiger partial charge is 0.455 e. The highest BCUT2D eigenvalue weighted by Crippen LogP contribution is 2.52. The third-order valence-electron chi connectivity index (χ3n) is 18.6. The lowest BCUT2D eigenvalue weighted by atomic mass is 9.76. The van der Waals surface area contributed by atoms with E-state index in [1.54, 1.807) is 0 Å². The lowest BCUT2D eigenvalue weighted by molar-refractivity contribution is 0.317. The molecule has 9 nitrogen and oxygen atoms in total. The average Bonchev–Trinajstić information content (AvgIpc) is 0.724. The zero-order chi connectivity index (χ0) is 69.4. The molecule has 12 aromatic rings. The lowest BCUT2D eigenvalue weighted by Gasteiger charge is -2.38.